The lowest BCUT2D eigenvalue weighted by Crippen LogP contribution is -2.13. The third-order valence-electron chi connectivity index (χ3n) is 4.34. The van der Waals surface area contributed by atoms with Crippen molar-refractivity contribution in [3.05, 3.63) is 52.2 Å². The molecule has 1 aromatic heterocycles. The van der Waals surface area contributed by atoms with Crippen molar-refractivity contribution in [2.24, 2.45) is 0 Å². The molecule has 0 spiro atoms. The first-order valence-electron chi connectivity index (χ1n) is 8.23. The summed E-state index contributed by atoms with van der Waals surface area (Å²) in [5, 5.41) is 4.15. The number of nitrogens with one attached hydrogen (secondary N) is 1. The van der Waals surface area contributed by atoms with Gasteiger partial charge in [-0.15, -0.1) is 0 Å². The lowest BCUT2D eigenvalue weighted by atomic mass is 10.1. The Labute approximate surface area is 156 Å². The molecular formula is C20H20ClNO4. The predicted molar refractivity (Wildman–Crippen MR) is 103 cm³/mol. The van der Waals surface area contributed by atoms with Gasteiger partial charge in [0.25, 0.3) is 5.91 Å². The number of carbonyl (C=O) groups is 1. The number of methoxy groups -OCH3 is 2. The van der Waals surface area contributed by atoms with Crippen LogP contribution >= 0.6 is 11.6 Å². The number of hydrogen-bond acceptors (Lipinski definition) is 4. The zero-order chi connectivity index (χ0) is 18.8. The van der Waals surface area contributed by atoms with Crippen LogP contribution in [-0.2, 0) is 6.42 Å². The Morgan fingerprint density at radius 1 is 1.15 bits per heavy atom. The number of hydrogen-bond donors (Lipinski definition) is 1. The number of aryl methyl sites for hydroxylation is 2. The van der Waals surface area contributed by atoms with Gasteiger partial charge in [-0.05, 0) is 31.0 Å². The summed E-state index contributed by atoms with van der Waals surface area (Å²) < 4.78 is 16.3. The quantitative estimate of drug-likeness (QED) is 0.665. The normalized spacial score (nSPS) is 10.8. The summed E-state index contributed by atoms with van der Waals surface area (Å²) in [5.41, 5.74) is 3.13. The fourth-order valence-corrected chi connectivity index (χ4v) is 3.07. The maximum Gasteiger partial charge on any atom is 0.291 e. The van der Waals surface area contributed by atoms with Gasteiger partial charge in [0.1, 0.15) is 17.1 Å². The molecule has 6 heteroatoms. The molecule has 0 saturated heterocycles. The summed E-state index contributed by atoms with van der Waals surface area (Å²) >= 11 is 6.10. The van der Waals surface area contributed by atoms with E-state index in [9.17, 15) is 4.79 Å². The molecule has 1 amide bonds. The first kappa shape index (κ1) is 18.1. The van der Waals surface area contributed by atoms with E-state index in [0.29, 0.717) is 27.8 Å². The summed E-state index contributed by atoms with van der Waals surface area (Å²) in [6.45, 7) is 3.96. The van der Waals surface area contributed by atoms with Crippen molar-refractivity contribution in [2.75, 3.05) is 19.5 Å². The fraction of sp³-hybridized carbons (Fsp3) is 0.250. The van der Waals surface area contributed by atoms with Crippen molar-refractivity contribution >= 4 is 34.2 Å². The maximum absolute atomic E-state index is 12.8. The molecule has 0 saturated carbocycles. The Bertz CT molecular complexity index is 978. The summed E-state index contributed by atoms with van der Waals surface area (Å²) in [6, 6.07) is 9.15. The van der Waals surface area contributed by atoms with Crippen LogP contribution in [0.4, 0.5) is 5.69 Å². The summed E-state index contributed by atoms with van der Waals surface area (Å²) in [4.78, 5) is 12.8. The molecule has 3 rings (SSSR count). The first-order chi connectivity index (χ1) is 12.5. The van der Waals surface area contributed by atoms with E-state index in [4.69, 9.17) is 25.5 Å². The molecule has 2 aromatic carbocycles. The molecule has 3 aromatic rings. The highest BCUT2D eigenvalue weighted by Gasteiger charge is 2.20. The molecule has 5 nitrogen and oxygen atoms in total. The third-order valence-corrected chi connectivity index (χ3v) is 4.63. The number of amides is 1. The molecule has 0 radical (unpaired) electrons. The summed E-state index contributed by atoms with van der Waals surface area (Å²) in [7, 11) is 3.01. The van der Waals surface area contributed by atoms with Gasteiger partial charge in [0.2, 0.25) is 0 Å². The van der Waals surface area contributed by atoms with E-state index in [0.717, 1.165) is 17.4 Å². The SMILES string of the molecule is CCc1ccc2oc(C(=O)Nc3cc(OC)c(Cl)cc3OC)c(C)c2c1. The van der Waals surface area contributed by atoms with Crippen LogP contribution < -0.4 is 14.8 Å². The molecule has 0 unspecified atom stereocenters. The topological polar surface area (TPSA) is 60.7 Å². The van der Waals surface area contributed by atoms with Gasteiger partial charge in [-0.3, -0.25) is 4.79 Å². The molecule has 0 aliphatic heterocycles. The van der Waals surface area contributed by atoms with E-state index < -0.39 is 0 Å². The first-order valence-corrected chi connectivity index (χ1v) is 8.61. The second-order valence-corrected chi connectivity index (χ2v) is 6.29. The average molecular weight is 374 g/mol. The smallest absolute Gasteiger partial charge is 0.291 e. The largest absolute Gasteiger partial charge is 0.495 e. The minimum absolute atomic E-state index is 0.268. The van der Waals surface area contributed by atoms with Gasteiger partial charge >= 0.3 is 0 Å². The number of halogens is 1. The van der Waals surface area contributed by atoms with Crippen molar-refractivity contribution in [1.29, 1.82) is 0 Å². The monoisotopic (exact) mass is 373 g/mol. The van der Waals surface area contributed by atoms with Crippen molar-refractivity contribution in [3.63, 3.8) is 0 Å². The molecule has 0 bridgehead atoms. The number of furan rings is 1. The number of anilines is 1. The molecule has 26 heavy (non-hydrogen) atoms. The molecule has 0 aliphatic carbocycles. The van der Waals surface area contributed by atoms with Crippen LogP contribution in [-0.4, -0.2) is 20.1 Å². The van der Waals surface area contributed by atoms with Crippen LogP contribution in [0.3, 0.4) is 0 Å². The van der Waals surface area contributed by atoms with Crippen molar-refractivity contribution in [2.45, 2.75) is 20.3 Å². The number of rotatable bonds is 5. The third kappa shape index (κ3) is 3.22. The Balaban J connectivity index is 1.98. The summed E-state index contributed by atoms with van der Waals surface area (Å²) in [5.74, 6) is 0.784. The van der Waals surface area contributed by atoms with Gasteiger partial charge in [-0.25, -0.2) is 0 Å². The molecule has 1 heterocycles. The number of fused-ring (bicyclic) bond motifs is 1. The van der Waals surface area contributed by atoms with Crippen LogP contribution in [0.2, 0.25) is 5.02 Å². The van der Waals surface area contributed by atoms with E-state index in [2.05, 4.69) is 18.3 Å². The molecule has 1 N–H and O–H groups in total. The number of carbonyl (C=O) groups excluding carboxylic acids is 1. The number of benzene rings is 2. The van der Waals surface area contributed by atoms with Crippen LogP contribution in [0.1, 0.15) is 28.6 Å². The fourth-order valence-electron chi connectivity index (χ4n) is 2.84. The Morgan fingerprint density at radius 3 is 2.54 bits per heavy atom. The average Bonchev–Trinajstić information content (AvgIpc) is 2.98. The van der Waals surface area contributed by atoms with Crippen LogP contribution in [0, 0.1) is 6.92 Å². The second-order valence-electron chi connectivity index (χ2n) is 5.88. The second kappa shape index (κ2) is 7.30. The van der Waals surface area contributed by atoms with Crippen molar-refractivity contribution in [3.8, 4) is 11.5 Å². The lowest BCUT2D eigenvalue weighted by molar-refractivity contribution is 0.0997. The van der Waals surface area contributed by atoms with E-state index in [1.165, 1.54) is 19.8 Å². The van der Waals surface area contributed by atoms with Crippen molar-refractivity contribution in [1.82, 2.24) is 0 Å². The lowest BCUT2D eigenvalue weighted by Gasteiger charge is -2.12. The zero-order valence-corrected chi connectivity index (χ0v) is 15.9. The van der Waals surface area contributed by atoms with Gasteiger partial charge < -0.3 is 19.2 Å². The molecule has 0 fully saturated rings. The zero-order valence-electron chi connectivity index (χ0n) is 15.1. The van der Waals surface area contributed by atoms with Crippen LogP contribution in [0.5, 0.6) is 11.5 Å². The highest BCUT2D eigenvalue weighted by molar-refractivity contribution is 6.32. The molecule has 0 aliphatic rings. The maximum atomic E-state index is 12.8. The number of ether oxygens (including phenoxy) is 2. The van der Waals surface area contributed by atoms with E-state index in [1.54, 1.807) is 12.1 Å². The van der Waals surface area contributed by atoms with Gasteiger partial charge in [0.15, 0.2) is 5.76 Å². The standard InChI is InChI=1S/C20H20ClNO4/c1-5-12-6-7-16-13(8-12)11(2)19(26-16)20(23)22-15-10-17(24-3)14(21)9-18(15)25-4/h6-10H,5H2,1-4H3,(H,22,23). The molecular weight excluding hydrogens is 354 g/mol. The highest BCUT2D eigenvalue weighted by Crippen LogP contribution is 2.36. The molecule has 0 atom stereocenters. The minimum Gasteiger partial charge on any atom is -0.495 e. The van der Waals surface area contributed by atoms with Gasteiger partial charge in [0.05, 0.1) is 24.9 Å². The van der Waals surface area contributed by atoms with E-state index in [1.807, 2.05) is 19.1 Å². The van der Waals surface area contributed by atoms with Crippen LogP contribution in [0.25, 0.3) is 11.0 Å². The molecule has 136 valence electrons. The highest BCUT2D eigenvalue weighted by atomic mass is 35.5. The van der Waals surface area contributed by atoms with Gasteiger partial charge in [-0.1, -0.05) is 24.6 Å². The Kier molecular flexibility index (Phi) is 5.09. The van der Waals surface area contributed by atoms with E-state index >= 15 is 0 Å². The Morgan fingerprint density at radius 2 is 1.88 bits per heavy atom. The summed E-state index contributed by atoms with van der Waals surface area (Å²) in [6.07, 6.45) is 0.920. The minimum atomic E-state index is -0.362. The van der Waals surface area contributed by atoms with Gasteiger partial charge in [0, 0.05) is 23.1 Å². The Hall–Kier alpha value is -2.66. The van der Waals surface area contributed by atoms with E-state index in [-0.39, 0.29) is 11.7 Å². The van der Waals surface area contributed by atoms with Gasteiger partial charge in [-0.2, -0.15) is 0 Å². The predicted octanol–water partition coefficient (Wildman–Crippen LogP) is 5.23. The van der Waals surface area contributed by atoms with Crippen molar-refractivity contribution < 1.29 is 18.7 Å². The van der Waals surface area contributed by atoms with Crippen LogP contribution in [0.15, 0.2) is 34.7 Å².